The van der Waals surface area contributed by atoms with E-state index in [1.807, 2.05) is 38.1 Å². The Kier molecular flexibility index (Phi) is 5.40. The molecule has 0 aliphatic heterocycles. The number of hydrogen-bond acceptors (Lipinski definition) is 2. The fourth-order valence-electron chi connectivity index (χ4n) is 3.34. The van der Waals surface area contributed by atoms with E-state index >= 15 is 0 Å². The zero-order valence-electron chi connectivity index (χ0n) is 13.2. The highest BCUT2D eigenvalue weighted by Gasteiger charge is 2.40. The molecular weight excluding hydrogens is 262 g/mol. The average Bonchev–Trinajstić information content (AvgIpc) is 2.74. The lowest BCUT2D eigenvalue weighted by atomic mass is 9.85. The molecule has 2 N–H and O–H groups in total. The molecule has 0 heterocycles. The number of rotatable bonds is 5. The molecule has 1 atom stereocenters. The summed E-state index contributed by atoms with van der Waals surface area (Å²) >= 11 is 0. The Balaban J connectivity index is 2.27. The maximum Gasteiger partial charge on any atom is 0.328 e. The molecule has 1 aliphatic rings. The van der Waals surface area contributed by atoms with Gasteiger partial charge in [0, 0.05) is 6.04 Å². The Morgan fingerprint density at radius 3 is 2.24 bits per heavy atom. The molecule has 0 aromatic heterocycles. The quantitative estimate of drug-likeness (QED) is 0.806. The highest BCUT2D eigenvalue weighted by Crippen LogP contribution is 2.29. The fourth-order valence-corrected chi connectivity index (χ4v) is 3.34. The van der Waals surface area contributed by atoms with Gasteiger partial charge in [0.2, 0.25) is 0 Å². The van der Waals surface area contributed by atoms with E-state index in [0.717, 1.165) is 24.0 Å². The van der Waals surface area contributed by atoms with Gasteiger partial charge in [0.1, 0.15) is 5.54 Å². The van der Waals surface area contributed by atoms with Crippen molar-refractivity contribution in [3.05, 3.63) is 35.4 Å². The molecular formula is C18H27NO2. The van der Waals surface area contributed by atoms with Crippen LogP contribution >= 0.6 is 0 Å². The van der Waals surface area contributed by atoms with Gasteiger partial charge in [0.25, 0.3) is 0 Å². The zero-order chi connectivity index (χ0) is 15.3. The summed E-state index contributed by atoms with van der Waals surface area (Å²) in [4.78, 5) is 12.0. The standard InChI is InChI=1S/C18H27NO2/c1-3-18(17(20)21,15-12-10-14(2)11-13-15)19-16-8-6-4-5-7-9-16/h10-13,16,19H,3-9H2,1-2H3,(H,20,21). The number of aliphatic carboxylic acids is 1. The molecule has 1 aromatic rings. The third-order valence-electron chi connectivity index (χ3n) is 4.75. The normalized spacial score (nSPS) is 19.7. The summed E-state index contributed by atoms with van der Waals surface area (Å²) in [6.45, 7) is 3.98. The Labute approximate surface area is 127 Å². The summed E-state index contributed by atoms with van der Waals surface area (Å²) in [5.41, 5.74) is 1.07. The van der Waals surface area contributed by atoms with Gasteiger partial charge in [-0.15, -0.1) is 0 Å². The van der Waals surface area contributed by atoms with E-state index in [1.165, 1.54) is 25.7 Å². The fraction of sp³-hybridized carbons (Fsp3) is 0.611. The summed E-state index contributed by atoms with van der Waals surface area (Å²) < 4.78 is 0. The minimum absolute atomic E-state index is 0.310. The zero-order valence-corrected chi connectivity index (χ0v) is 13.2. The number of carboxylic acid groups (broad SMARTS) is 1. The molecule has 0 bridgehead atoms. The molecule has 1 unspecified atom stereocenters. The lowest BCUT2D eigenvalue weighted by Gasteiger charge is -2.34. The third-order valence-corrected chi connectivity index (χ3v) is 4.75. The second-order valence-electron chi connectivity index (χ2n) is 6.26. The highest BCUT2D eigenvalue weighted by molar-refractivity contribution is 5.80. The van der Waals surface area contributed by atoms with Crippen molar-refractivity contribution in [3.8, 4) is 0 Å². The smallest absolute Gasteiger partial charge is 0.328 e. The van der Waals surface area contributed by atoms with Crippen LogP contribution < -0.4 is 5.32 Å². The summed E-state index contributed by atoms with van der Waals surface area (Å²) in [7, 11) is 0. The van der Waals surface area contributed by atoms with Crippen molar-refractivity contribution < 1.29 is 9.90 Å². The van der Waals surface area contributed by atoms with E-state index in [2.05, 4.69) is 5.32 Å². The third kappa shape index (κ3) is 3.65. The number of carboxylic acids is 1. The van der Waals surface area contributed by atoms with E-state index in [-0.39, 0.29) is 0 Å². The van der Waals surface area contributed by atoms with Crippen LogP contribution in [-0.4, -0.2) is 17.1 Å². The summed E-state index contributed by atoms with van der Waals surface area (Å²) in [5, 5.41) is 13.4. The van der Waals surface area contributed by atoms with E-state index in [4.69, 9.17) is 0 Å². The largest absolute Gasteiger partial charge is 0.480 e. The average molecular weight is 289 g/mol. The monoisotopic (exact) mass is 289 g/mol. The lowest BCUT2D eigenvalue weighted by molar-refractivity contribution is -0.146. The van der Waals surface area contributed by atoms with Gasteiger partial charge in [0.05, 0.1) is 0 Å². The Bertz CT molecular complexity index is 461. The molecule has 0 amide bonds. The number of nitrogens with one attached hydrogen (secondary N) is 1. The molecule has 2 rings (SSSR count). The van der Waals surface area contributed by atoms with E-state index < -0.39 is 11.5 Å². The van der Waals surface area contributed by atoms with Gasteiger partial charge in [-0.3, -0.25) is 5.32 Å². The van der Waals surface area contributed by atoms with Crippen molar-refractivity contribution in [1.29, 1.82) is 0 Å². The van der Waals surface area contributed by atoms with Gasteiger partial charge in [0.15, 0.2) is 0 Å². The maximum atomic E-state index is 12.0. The van der Waals surface area contributed by atoms with Crippen molar-refractivity contribution in [1.82, 2.24) is 5.32 Å². The van der Waals surface area contributed by atoms with Crippen molar-refractivity contribution in [2.75, 3.05) is 0 Å². The van der Waals surface area contributed by atoms with Gasteiger partial charge in [-0.05, 0) is 31.7 Å². The number of benzene rings is 1. The van der Waals surface area contributed by atoms with Gasteiger partial charge in [-0.2, -0.15) is 0 Å². The molecule has 21 heavy (non-hydrogen) atoms. The summed E-state index contributed by atoms with van der Waals surface area (Å²) in [6, 6.07) is 8.22. The van der Waals surface area contributed by atoms with Gasteiger partial charge < -0.3 is 5.11 Å². The molecule has 0 radical (unpaired) electrons. The first-order valence-corrected chi connectivity index (χ1v) is 8.16. The number of carbonyl (C=O) groups is 1. The van der Waals surface area contributed by atoms with Crippen LogP contribution in [0.5, 0.6) is 0 Å². The Morgan fingerprint density at radius 2 is 1.76 bits per heavy atom. The van der Waals surface area contributed by atoms with E-state index in [9.17, 15) is 9.90 Å². The lowest BCUT2D eigenvalue weighted by Crippen LogP contribution is -2.53. The Morgan fingerprint density at radius 1 is 1.19 bits per heavy atom. The van der Waals surface area contributed by atoms with Crippen molar-refractivity contribution in [2.45, 2.75) is 70.4 Å². The second-order valence-corrected chi connectivity index (χ2v) is 6.26. The van der Waals surface area contributed by atoms with Gasteiger partial charge in [-0.1, -0.05) is 62.4 Å². The molecule has 1 aromatic carbocycles. The minimum Gasteiger partial charge on any atom is -0.480 e. The van der Waals surface area contributed by atoms with Crippen LogP contribution in [0.3, 0.4) is 0 Å². The Hall–Kier alpha value is -1.35. The summed E-state index contributed by atoms with van der Waals surface area (Å²) in [5.74, 6) is -0.766. The van der Waals surface area contributed by atoms with Crippen molar-refractivity contribution in [3.63, 3.8) is 0 Å². The molecule has 0 spiro atoms. The van der Waals surface area contributed by atoms with Crippen LogP contribution in [0.4, 0.5) is 0 Å². The van der Waals surface area contributed by atoms with Crippen LogP contribution in [-0.2, 0) is 10.3 Å². The van der Waals surface area contributed by atoms with E-state index in [0.29, 0.717) is 12.5 Å². The van der Waals surface area contributed by atoms with Crippen LogP contribution in [0.15, 0.2) is 24.3 Å². The number of aryl methyl sites for hydroxylation is 1. The van der Waals surface area contributed by atoms with Crippen LogP contribution in [0.25, 0.3) is 0 Å². The maximum absolute atomic E-state index is 12.0. The number of hydrogen-bond donors (Lipinski definition) is 2. The first-order valence-electron chi connectivity index (χ1n) is 8.16. The van der Waals surface area contributed by atoms with E-state index in [1.54, 1.807) is 0 Å². The van der Waals surface area contributed by atoms with Gasteiger partial charge in [-0.25, -0.2) is 4.79 Å². The highest BCUT2D eigenvalue weighted by atomic mass is 16.4. The second kappa shape index (κ2) is 7.08. The molecule has 3 heteroatoms. The van der Waals surface area contributed by atoms with Crippen molar-refractivity contribution in [2.24, 2.45) is 0 Å². The van der Waals surface area contributed by atoms with Crippen LogP contribution in [0.1, 0.15) is 63.0 Å². The van der Waals surface area contributed by atoms with Gasteiger partial charge >= 0.3 is 5.97 Å². The first-order chi connectivity index (χ1) is 10.1. The SMILES string of the molecule is CCC(NC1CCCCCC1)(C(=O)O)c1ccc(C)cc1. The topological polar surface area (TPSA) is 49.3 Å². The predicted octanol–water partition coefficient (Wildman–Crippen LogP) is 4.00. The summed E-state index contributed by atoms with van der Waals surface area (Å²) in [6.07, 6.45) is 7.67. The molecule has 1 saturated carbocycles. The molecule has 3 nitrogen and oxygen atoms in total. The van der Waals surface area contributed by atoms with Crippen LogP contribution in [0, 0.1) is 6.92 Å². The van der Waals surface area contributed by atoms with Crippen molar-refractivity contribution >= 4 is 5.97 Å². The predicted molar refractivity (Wildman–Crippen MR) is 85.4 cm³/mol. The first kappa shape index (κ1) is 16.0. The molecule has 116 valence electrons. The molecule has 1 fully saturated rings. The molecule has 0 saturated heterocycles. The van der Waals surface area contributed by atoms with Crippen LogP contribution in [0.2, 0.25) is 0 Å². The minimum atomic E-state index is -0.956. The molecule has 1 aliphatic carbocycles.